The first kappa shape index (κ1) is 9.73. The molecule has 1 aromatic heterocycles. The summed E-state index contributed by atoms with van der Waals surface area (Å²) in [5, 5.41) is 0. The van der Waals surface area contributed by atoms with Crippen LogP contribution in [-0.4, -0.2) is 27.3 Å². The fraction of sp³-hybridized carbons (Fsp3) is 0.222. The van der Waals surface area contributed by atoms with Crippen LogP contribution in [0.15, 0.2) is 28.9 Å². The Bertz CT molecular complexity index is 356. The molecule has 5 heteroatoms. The van der Waals surface area contributed by atoms with Gasteiger partial charge in [0.25, 0.3) is 0 Å². The van der Waals surface area contributed by atoms with E-state index >= 15 is 0 Å². The maximum absolute atomic E-state index is 11.6. The summed E-state index contributed by atoms with van der Waals surface area (Å²) in [6.45, 7) is 0. The molecule has 72 valence electrons. The number of carbonyl (C=O) groups is 1. The van der Waals surface area contributed by atoms with Crippen LogP contribution in [0.1, 0.15) is 10.5 Å². The number of ketones is 1. The van der Waals surface area contributed by atoms with Gasteiger partial charge in [-0.3, -0.25) is 9.78 Å². The predicted molar refractivity (Wildman–Crippen MR) is 59.4 cm³/mol. The Hall–Kier alpha value is -0.810. The van der Waals surface area contributed by atoms with Gasteiger partial charge in [-0.15, -0.1) is 23.5 Å². The van der Waals surface area contributed by atoms with Crippen molar-refractivity contribution in [3.05, 3.63) is 34.6 Å². The molecule has 14 heavy (non-hydrogen) atoms. The maximum Gasteiger partial charge on any atom is 0.207 e. The molecule has 2 heterocycles. The Morgan fingerprint density at radius 3 is 2.79 bits per heavy atom. The third-order valence-corrected chi connectivity index (χ3v) is 4.22. The molecule has 0 unspecified atom stereocenters. The van der Waals surface area contributed by atoms with E-state index in [4.69, 9.17) is 0 Å². The molecule has 1 aliphatic rings. The first-order chi connectivity index (χ1) is 6.86. The van der Waals surface area contributed by atoms with Crippen molar-refractivity contribution in [2.45, 2.75) is 0 Å². The van der Waals surface area contributed by atoms with Gasteiger partial charge in [-0.25, -0.2) is 4.98 Å². The van der Waals surface area contributed by atoms with Gasteiger partial charge >= 0.3 is 0 Å². The Balaban J connectivity index is 2.13. The number of hydrogen-bond donors (Lipinski definition) is 0. The fourth-order valence-corrected chi connectivity index (χ4v) is 3.30. The zero-order valence-electron chi connectivity index (χ0n) is 7.34. The normalized spacial score (nSPS) is 15.6. The van der Waals surface area contributed by atoms with Crippen LogP contribution in [0.2, 0.25) is 0 Å². The first-order valence-corrected chi connectivity index (χ1v) is 6.11. The van der Waals surface area contributed by atoms with Crippen LogP contribution < -0.4 is 0 Å². The Labute approximate surface area is 90.4 Å². The van der Waals surface area contributed by atoms with E-state index in [0.29, 0.717) is 5.69 Å². The second-order valence-electron chi connectivity index (χ2n) is 2.62. The number of aromatic nitrogens is 2. The number of hydrogen-bond acceptors (Lipinski definition) is 5. The van der Waals surface area contributed by atoms with E-state index in [2.05, 4.69) is 9.97 Å². The first-order valence-electron chi connectivity index (χ1n) is 4.14. The van der Waals surface area contributed by atoms with Crippen LogP contribution in [0, 0.1) is 0 Å². The minimum atomic E-state index is -0.0602. The monoisotopic (exact) mass is 224 g/mol. The van der Waals surface area contributed by atoms with E-state index in [0.717, 1.165) is 15.7 Å². The third kappa shape index (κ3) is 2.36. The molecule has 0 aromatic carbocycles. The highest BCUT2D eigenvalue weighted by Crippen LogP contribution is 2.35. The van der Waals surface area contributed by atoms with Crippen LogP contribution in [0.3, 0.4) is 0 Å². The lowest BCUT2D eigenvalue weighted by Crippen LogP contribution is -1.98. The van der Waals surface area contributed by atoms with E-state index in [1.54, 1.807) is 35.8 Å². The molecule has 0 aliphatic carbocycles. The van der Waals surface area contributed by atoms with Crippen LogP contribution in [0.5, 0.6) is 0 Å². The molecule has 1 aliphatic heterocycles. The molecule has 1 aromatic rings. The summed E-state index contributed by atoms with van der Waals surface area (Å²) in [7, 11) is 0. The van der Waals surface area contributed by atoms with Gasteiger partial charge in [-0.1, -0.05) is 0 Å². The van der Waals surface area contributed by atoms with E-state index in [-0.39, 0.29) is 5.78 Å². The van der Waals surface area contributed by atoms with Crippen LogP contribution in [0.25, 0.3) is 0 Å². The molecule has 3 nitrogen and oxygen atoms in total. The lowest BCUT2D eigenvalue weighted by Gasteiger charge is -1.94. The second kappa shape index (κ2) is 4.61. The Morgan fingerprint density at radius 1 is 1.36 bits per heavy atom. The van der Waals surface area contributed by atoms with Gasteiger partial charge < -0.3 is 0 Å². The molecule has 0 bridgehead atoms. The van der Waals surface area contributed by atoms with E-state index in [1.165, 1.54) is 12.4 Å². The van der Waals surface area contributed by atoms with Crippen LogP contribution >= 0.6 is 23.5 Å². The lowest BCUT2D eigenvalue weighted by molar-refractivity contribution is 0.104. The molecule has 0 spiro atoms. The van der Waals surface area contributed by atoms with Gasteiger partial charge in [-0.05, 0) is 0 Å². The summed E-state index contributed by atoms with van der Waals surface area (Å²) in [4.78, 5) is 19.4. The van der Waals surface area contributed by atoms with Gasteiger partial charge in [0.05, 0.1) is 6.20 Å². The summed E-state index contributed by atoms with van der Waals surface area (Å²) in [6.07, 6.45) is 6.22. The van der Waals surface area contributed by atoms with Crippen LogP contribution in [-0.2, 0) is 0 Å². The summed E-state index contributed by atoms with van der Waals surface area (Å²) < 4.78 is 1.08. The number of thioether (sulfide) groups is 2. The Kier molecular flexibility index (Phi) is 3.21. The van der Waals surface area contributed by atoms with Gasteiger partial charge in [0.15, 0.2) is 0 Å². The van der Waals surface area contributed by atoms with Gasteiger partial charge in [0.2, 0.25) is 5.78 Å². The zero-order valence-corrected chi connectivity index (χ0v) is 8.98. The van der Waals surface area contributed by atoms with Crippen molar-refractivity contribution in [1.82, 2.24) is 9.97 Å². The van der Waals surface area contributed by atoms with Crippen LogP contribution in [0.4, 0.5) is 0 Å². The summed E-state index contributed by atoms with van der Waals surface area (Å²) in [6, 6.07) is 0. The summed E-state index contributed by atoms with van der Waals surface area (Å²) in [5.41, 5.74) is 0.410. The highest BCUT2D eigenvalue weighted by atomic mass is 32.2. The third-order valence-electron chi connectivity index (χ3n) is 1.64. The molecule has 0 atom stereocenters. The number of rotatable bonds is 2. The highest BCUT2D eigenvalue weighted by molar-refractivity contribution is 8.25. The van der Waals surface area contributed by atoms with Gasteiger partial charge in [-0.2, -0.15) is 0 Å². The Morgan fingerprint density at radius 2 is 2.14 bits per heavy atom. The molecule has 1 fully saturated rings. The zero-order chi connectivity index (χ0) is 9.80. The SMILES string of the molecule is O=C(C=C1SCCS1)c1cnccn1. The fourth-order valence-electron chi connectivity index (χ4n) is 1.02. The molecular formula is C9H8N2OS2. The highest BCUT2D eigenvalue weighted by Gasteiger charge is 2.11. The standard InChI is InChI=1S/C9H8N2OS2/c12-8(5-9-13-3-4-14-9)7-6-10-1-2-11-7/h1-2,5-6H,3-4H2. The van der Waals surface area contributed by atoms with E-state index in [9.17, 15) is 4.79 Å². The second-order valence-corrected chi connectivity index (χ2v) is 5.15. The van der Waals surface area contributed by atoms with E-state index < -0.39 is 0 Å². The average Bonchev–Trinajstić information content (AvgIpc) is 2.72. The molecule has 0 radical (unpaired) electrons. The van der Waals surface area contributed by atoms with Crippen molar-refractivity contribution in [3.63, 3.8) is 0 Å². The molecule has 0 amide bonds. The minimum absolute atomic E-state index is 0.0602. The predicted octanol–water partition coefficient (Wildman–Crippen LogP) is 1.98. The minimum Gasteiger partial charge on any atom is -0.287 e. The van der Waals surface area contributed by atoms with Gasteiger partial charge in [0.1, 0.15) is 5.69 Å². The molecule has 2 rings (SSSR count). The quantitative estimate of drug-likeness (QED) is 0.567. The molecule has 0 N–H and O–H groups in total. The topological polar surface area (TPSA) is 42.9 Å². The largest absolute Gasteiger partial charge is 0.287 e. The molecular weight excluding hydrogens is 216 g/mol. The smallest absolute Gasteiger partial charge is 0.207 e. The van der Waals surface area contributed by atoms with Gasteiger partial charge in [0, 0.05) is 34.2 Å². The average molecular weight is 224 g/mol. The van der Waals surface area contributed by atoms with Crippen molar-refractivity contribution in [3.8, 4) is 0 Å². The van der Waals surface area contributed by atoms with Crippen molar-refractivity contribution >= 4 is 29.3 Å². The lowest BCUT2D eigenvalue weighted by atomic mass is 10.3. The number of carbonyl (C=O) groups excluding carboxylic acids is 1. The summed E-state index contributed by atoms with van der Waals surface area (Å²) >= 11 is 3.44. The maximum atomic E-state index is 11.6. The van der Waals surface area contributed by atoms with E-state index in [1.807, 2.05) is 0 Å². The number of nitrogens with zero attached hydrogens (tertiary/aromatic N) is 2. The van der Waals surface area contributed by atoms with Crippen molar-refractivity contribution in [1.29, 1.82) is 0 Å². The summed E-state index contributed by atoms with van der Waals surface area (Å²) in [5.74, 6) is 2.11. The molecule has 1 saturated heterocycles. The number of allylic oxidation sites excluding steroid dienone is 1. The van der Waals surface area contributed by atoms with Crippen molar-refractivity contribution < 1.29 is 4.79 Å². The molecule has 0 saturated carbocycles. The van der Waals surface area contributed by atoms with Crippen molar-refractivity contribution in [2.24, 2.45) is 0 Å². The van der Waals surface area contributed by atoms with Crippen molar-refractivity contribution in [2.75, 3.05) is 11.5 Å².